The zero-order valence-electron chi connectivity index (χ0n) is 17.1. The van der Waals surface area contributed by atoms with Gasteiger partial charge in [0, 0.05) is 63.8 Å². The molecule has 0 radical (unpaired) electrons. The Morgan fingerprint density at radius 2 is 2.04 bits per heavy atom. The van der Waals surface area contributed by atoms with Gasteiger partial charge in [-0.15, -0.1) is 0 Å². The normalized spacial score (nSPS) is 22.1. The topological polar surface area (TPSA) is 52.5 Å². The molecular weight excluding hydrogens is 350 g/mol. The van der Waals surface area contributed by atoms with Crippen LogP contribution in [-0.4, -0.2) is 68.4 Å². The number of ether oxygens (including phenoxy) is 1. The van der Waals surface area contributed by atoms with Gasteiger partial charge in [-0.2, -0.15) is 0 Å². The SMILES string of the molecule is C=N/C(=N\C1=C(C)CNCC1)N1CCN(C(C)c2ccc3c(c2)OCC3)CC1. The van der Waals surface area contributed by atoms with Gasteiger partial charge in [0.25, 0.3) is 0 Å². The van der Waals surface area contributed by atoms with Crippen molar-refractivity contribution in [2.75, 3.05) is 45.9 Å². The molecule has 1 aromatic rings. The van der Waals surface area contributed by atoms with Gasteiger partial charge in [0.15, 0.2) is 0 Å². The highest BCUT2D eigenvalue weighted by Crippen LogP contribution is 2.31. The van der Waals surface area contributed by atoms with Crippen molar-refractivity contribution in [2.45, 2.75) is 32.7 Å². The third-order valence-electron chi connectivity index (χ3n) is 6.15. The number of benzene rings is 1. The number of hydrogen-bond acceptors (Lipinski definition) is 4. The molecule has 1 atom stereocenters. The monoisotopic (exact) mass is 381 g/mol. The first-order valence-electron chi connectivity index (χ1n) is 10.3. The highest BCUT2D eigenvalue weighted by atomic mass is 16.5. The van der Waals surface area contributed by atoms with Crippen molar-refractivity contribution in [3.8, 4) is 5.75 Å². The van der Waals surface area contributed by atoms with Gasteiger partial charge in [-0.25, -0.2) is 9.98 Å². The number of nitrogens with zero attached hydrogens (tertiary/aromatic N) is 4. The highest BCUT2D eigenvalue weighted by molar-refractivity contribution is 5.85. The van der Waals surface area contributed by atoms with Crippen molar-refractivity contribution >= 4 is 12.7 Å². The second kappa shape index (κ2) is 8.45. The summed E-state index contributed by atoms with van der Waals surface area (Å²) in [6, 6.07) is 7.09. The van der Waals surface area contributed by atoms with Gasteiger partial charge in [0.05, 0.1) is 6.61 Å². The zero-order valence-corrected chi connectivity index (χ0v) is 17.1. The van der Waals surface area contributed by atoms with Crippen LogP contribution in [0.1, 0.15) is 37.4 Å². The molecule has 1 fully saturated rings. The molecule has 0 aromatic heterocycles. The van der Waals surface area contributed by atoms with Crippen LogP contribution in [0.3, 0.4) is 0 Å². The summed E-state index contributed by atoms with van der Waals surface area (Å²) in [7, 11) is 0. The van der Waals surface area contributed by atoms with Crippen LogP contribution < -0.4 is 10.1 Å². The Kier molecular flexibility index (Phi) is 5.78. The predicted octanol–water partition coefficient (Wildman–Crippen LogP) is 2.62. The molecule has 0 spiro atoms. The molecule has 0 aliphatic carbocycles. The molecule has 6 heteroatoms. The maximum Gasteiger partial charge on any atom is 0.225 e. The van der Waals surface area contributed by atoms with Gasteiger partial charge < -0.3 is 15.0 Å². The fourth-order valence-electron chi connectivity index (χ4n) is 4.24. The van der Waals surface area contributed by atoms with Crippen LogP contribution >= 0.6 is 0 Å². The van der Waals surface area contributed by atoms with E-state index in [1.807, 2.05) is 0 Å². The Morgan fingerprint density at radius 1 is 1.21 bits per heavy atom. The fraction of sp³-hybridized carbons (Fsp3) is 0.545. The predicted molar refractivity (Wildman–Crippen MR) is 114 cm³/mol. The van der Waals surface area contributed by atoms with E-state index in [-0.39, 0.29) is 0 Å². The molecular formula is C22H31N5O. The summed E-state index contributed by atoms with van der Waals surface area (Å²) >= 11 is 0. The van der Waals surface area contributed by atoms with E-state index in [1.54, 1.807) is 0 Å². The van der Waals surface area contributed by atoms with Gasteiger partial charge in [0.2, 0.25) is 5.96 Å². The van der Waals surface area contributed by atoms with Crippen molar-refractivity contribution in [1.29, 1.82) is 0 Å². The number of guanidine groups is 1. The summed E-state index contributed by atoms with van der Waals surface area (Å²) in [6.45, 7) is 14.8. The second-order valence-corrected chi connectivity index (χ2v) is 7.89. The first-order chi connectivity index (χ1) is 13.7. The summed E-state index contributed by atoms with van der Waals surface area (Å²) in [4.78, 5) is 13.9. The Hall–Kier alpha value is -2.18. The Bertz CT molecular complexity index is 792. The maximum atomic E-state index is 5.75. The Morgan fingerprint density at radius 3 is 2.79 bits per heavy atom. The van der Waals surface area contributed by atoms with Gasteiger partial charge in [-0.05, 0) is 43.3 Å². The van der Waals surface area contributed by atoms with Crippen molar-refractivity contribution in [2.24, 2.45) is 9.98 Å². The smallest absolute Gasteiger partial charge is 0.225 e. The first-order valence-corrected chi connectivity index (χ1v) is 10.3. The highest BCUT2D eigenvalue weighted by Gasteiger charge is 2.25. The van der Waals surface area contributed by atoms with Gasteiger partial charge in [-0.1, -0.05) is 12.1 Å². The van der Waals surface area contributed by atoms with Crippen molar-refractivity contribution in [3.05, 3.63) is 40.6 Å². The van der Waals surface area contributed by atoms with E-state index in [0.29, 0.717) is 6.04 Å². The maximum absolute atomic E-state index is 5.75. The van der Waals surface area contributed by atoms with E-state index >= 15 is 0 Å². The van der Waals surface area contributed by atoms with Crippen LogP contribution in [0, 0.1) is 0 Å². The van der Waals surface area contributed by atoms with Gasteiger partial charge >= 0.3 is 0 Å². The molecule has 1 aromatic carbocycles. The minimum absolute atomic E-state index is 0.378. The van der Waals surface area contributed by atoms with Crippen molar-refractivity contribution in [1.82, 2.24) is 15.1 Å². The van der Waals surface area contributed by atoms with Crippen LogP contribution in [0.15, 0.2) is 39.5 Å². The summed E-state index contributed by atoms with van der Waals surface area (Å²) in [5, 5.41) is 3.38. The molecule has 1 unspecified atom stereocenters. The molecule has 28 heavy (non-hydrogen) atoms. The first kappa shape index (κ1) is 19.2. The van der Waals surface area contributed by atoms with E-state index in [0.717, 1.165) is 76.1 Å². The largest absolute Gasteiger partial charge is 0.493 e. The lowest BCUT2D eigenvalue weighted by Crippen LogP contribution is -2.49. The molecule has 3 aliphatic heterocycles. The van der Waals surface area contributed by atoms with E-state index < -0.39 is 0 Å². The van der Waals surface area contributed by atoms with Crippen LogP contribution in [0.25, 0.3) is 0 Å². The minimum Gasteiger partial charge on any atom is -0.493 e. The quantitative estimate of drug-likeness (QED) is 0.646. The number of nitrogens with one attached hydrogen (secondary N) is 1. The lowest BCUT2D eigenvalue weighted by molar-refractivity contribution is 0.140. The molecule has 3 aliphatic rings. The number of piperazine rings is 1. The average molecular weight is 382 g/mol. The van der Waals surface area contributed by atoms with Crippen LogP contribution in [0.4, 0.5) is 0 Å². The van der Waals surface area contributed by atoms with Crippen LogP contribution in [0.2, 0.25) is 0 Å². The third-order valence-corrected chi connectivity index (χ3v) is 6.15. The fourth-order valence-corrected chi connectivity index (χ4v) is 4.24. The molecule has 6 nitrogen and oxygen atoms in total. The van der Waals surface area contributed by atoms with Crippen LogP contribution in [-0.2, 0) is 6.42 Å². The molecule has 1 saturated heterocycles. The van der Waals surface area contributed by atoms with E-state index in [4.69, 9.17) is 9.73 Å². The standard InChI is InChI=1S/C22H31N5O/c1-16-15-24-8-6-20(16)25-22(23-3)27-11-9-26(10-12-27)17(2)19-5-4-18-7-13-28-21(18)14-19/h4-5,14,17,24H,3,6-13,15H2,1-2H3/b25-22+. The molecule has 0 amide bonds. The van der Waals surface area contributed by atoms with E-state index in [9.17, 15) is 0 Å². The zero-order chi connectivity index (χ0) is 19.5. The van der Waals surface area contributed by atoms with E-state index in [1.165, 1.54) is 16.7 Å². The van der Waals surface area contributed by atoms with E-state index in [2.05, 4.69) is 58.9 Å². The molecule has 0 saturated carbocycles. The number of rotatable bonds is 3. The molecule has 3 heterocycles. The summed E-state index contributed by atoms with van der Waals surface area (Å²) in [5.41, 5.74) is 5.13. The lowest BCUT2D eigenvalue weighted by Gasteiger charge is -2.38. The summed E-state index contributed by atoms with van der Waals surface area (Å²) in [5.74, 6) is 1.84. The Balaban J connectivity index is 1.40. The third kappa shape index (κ3) is 3.98. The summed E-state index contributed by atoms with van der Waals surface area (Å²) < 4.78 is 5.75. The Labute approximate surface area is 168 Å². The molecule has 0 bridgehead atoms. The van der Waals surface area contributed by atoms with Crippen molar-refractivity contribution in [3.63, 3.8) is 0 Å². The summed E-state index contributed by atoms with van der Waals surface area (Å²) in [6.07, 6.45) is 1.99. The number of hydrogen-bond donors (Lipinski definition) is 1. The van der Waals surface area contributed by atoms with Crippen molar-refractivity contribution < 1.29 is 4.74 Å². The van der Waals surface area contributed by atoms with Crippen LogP contribution in [0.5, 0.6) is 5.75 Å². The van der Waals surface area contributed by atoms with Gasteiger partial charge in [-0.3, -0.25) is 4.90 Å². The number of fused-ring (bicyclic) bond motifs is 1. The molecule has 150 valence electrons. The average Bonchev–Trinajstić information content (AvgIpc) is 3.21. The lowest BCUT2D eigenvalue weighted by atomic mass is 10.0. The second-order valence-electron chi connectivity index (χ2n) is 7.89. The minimum atomic E-state index is 0.378. The number of aliphatic imine (C=N–C) groups is 2. The molecule has 4 rings (SSSR count). The molecule has 1 N–H and O–H groups in total. The van der Waals surface area contributed by atoms with Gasteiger partial charge in [0.1, 0.15) is 5.75 Å².